The van der Waals surface area contributed by atoms with E-state index in [1.54, 1.807) is 0 Å². The molecule has 3 heteroatoms. The van der Waals surface area contributed by atoms with Crippen LogP contribution in [0.15, 0.2) is 24.3 Å². The number of anilines is 1. The van der Waals surface area contributed by atoms with Gasteiger partial charge in [-0.2, -0.15) is 0 Å². The highest BCUT2D eigenvalue weighted by Gasteiger charge is 2.01. The van der Waals surface area contributed by atoms with Crippen molar-refractivity contribution in [2.75, 3.05) is 18.4 Å². The molecule has 0 aliphatic rings. The van der Waals surface area contributed by atoms with Crippen LogP contribution in [0.25, 0.3) is 0 Å². The maximum atomic E-state index is 11.4. The van der Waals surface area contributed by atoms with Gasteiger partial charge in [0.1, 0.15) is 0 Å². The third-order valence-electron chi connectivity index (χ3n) is 2.64. The summed E-state index contributed by atoms with van der Waals surface area (Å²) in [5, 5.41) is 6.18. The molecule has 0 saturated heterocycles. The van der Waals surface area contributed by atoms with Crippen molar-refractivity contribution in [1.82, 2.24) is 5.32 Å². The Balaban J connectivity index is 2.33. The summed E-state index contributed by atoms with van der Waals surface area (Å²) in [6.45, 7) is 5.64. The van der Waals surface area contributed by atoms with Crippen LogP contribution in [0.1, 0.15) is 32.3 Å². The number of amides is 1. The Labute approximate surface area is 104 Å². The predicted molar refractivity (Wildman–Crippen MR) is 72.2 cm³/mol. The van der Waals surface area contributed by atoms with Crippen LogP contribution in [0.5, 0.6) is 0 Å². The fourth-order valence-corrected chi connectivity index (χ4v) is 1.66. The number of hydrogen-bond acceptors (Lipinski definition) is 2. The van der Waals surface area contributed by atoms with E-state index < -0.39 is 0 Å². The topological polar surface area (TPSA) is 41.1 Å². The van der Waals surface area contributed by atoms with Crippen molar-refractivity contribution in [2.45, 2.75) is 33.1 Å². The van der Waals surface area contributed by atoms with Gasteiger partial charge in [-0.05, 0) is 24.5 Å². The lowest BCUT2D eigenvalue weighted by atomic mass is 10.1. The molecule has 0 bridgehead atoms. The fourth-order valence-electron chi connectivity index (χ4n) is 1.66. The minimum atomic E-state index is 0.119. The minimum Gasteiger partial charge on any atom is -0.384 e. The molecule has 0 heterocycles. The van der Waals surface area contributed by atoms with Crippen LogP contribution in [0.4, 0.5) is 5.69 Å². The smallest absolute Gasteiger partial charge is 0.221 e. The SMILES string of the molecule is CCCNC(=O)CCNc1ccccc1CC. The van der Waals surface area contributed by atoms with Crippen LogP contribution < -0.4 is 10.6 Å². The molecular formula is C14H22N2O. The van der Waals surface area contributed by atoms with Crippen molar-refractivity contribution >= 4 is 11.6 Å². The first-order chi connectivity index (χ1) is 8.27. The summed E-state index contributed by atoms with van der Waals surface area (Å²) in [5.41, 5.74) is 2.43. The molecule has 0 radical (unpaired) electrons. The first-order valence-electron chi connectivity index (χ1n) is 6.36. The van der Waals surface area contributed by atoms with Crippen molar-refractivity contribution in [2.24, 2.45) is 0 Å². The van der Waals surface area contributed by atoms with E-state index >= 15 is 0 Å². The van der Waals surface area contributed by atoms with E-state index in [2.05, 4.69) is 36.6 Å². The van der Waals surface area contributed by atoms with Gasteiger partial charge in [0, 0.05) is 25.2 Å². The number of carbonyl (C=O) groups is 1. The van der Waals surface area contributed by atoms with Crippen LogP contribution >= 0.6 is 0 Å². The molecule has 0 spiro atoms. The molecule has 0 aliphatic heterocycles. The van der Waals surface area contributed by atoms with Crippen molar-refractivity contribution < 1.29 is 4.79 Å². The normalized spacial score (nSPS) is 10.0. The Morgan fingerprint density at radius 1 is 1.18 bits per heavy atom. The lowest BCUT2D eigenvalue weighted by molar-refractivity contribution is -0.120. The van der Waals surface area contributed by atoms with Gasteiger partial charge in [-0.1, -0.05) is 32.0 Å². The molecule has 0 fully saturated rings. The maximum Gasteiger partial charge on any atom is 0.221 e. The van der Waals surface area contributed by atoms with E-state index in [-0.39, 0.29) is 5.91 Å². The molecule has 0 unspecified atom stereocenters. The van der Waals surface area contributed by atoms with Gasteiger partial charge in [0.25, 0.3) is 0 Å². The van der Waals surface area contributed by atoms with E-state index in [1.165, 1.54) is 5.56 Å². The molecule has 1 amide bonds. The molecule has 1 aromatic carbocycles. The van der Waals surface area contributed by atoms with Gasteiger partial charge in [0.2, 0.25) is 5.91 Å². The Morgan fingerprint density at radius 3 is 2.65 bits per heavy atom. The van der Waals surface area contributed by atoms with Gasteiger partial charge in [-0.3, -0.25) is 4.79 Å². The Kier molecular flexibility index (Phi) is 6.15. The molecule has 1 aromatic rings. The average Bonchev–Trinajstić information content (AvgIpc) is 2.37. The summed E-state index contributed by atoms with van der Waals surface area (Å²) in [6.07, 6.45) is 2.51. The molecule has 17 heavy (non-hydrogen) atoms. The second kappa shape index (κ2) is 7.71. The van der Waals surface area contributed by atoms with Gasteiger partial charge < -0.3 is 10.6 Å². The van der Waals surface area contributed by atoms with Gasteiger partial charge >= 0.3 is 0 Å². The summed E-state index contributed by atoms with van der Waals surface area (Å²) in [4.78, 5) is 11.4. The molecular weight excluding hydrogens is 212 g/mol. The van der Waals surface area contributed by atoms with Crippen molar-refractivity contribution in [1.29, 1.82) is 0 Å². The van der Waals surface area contributed by atoms with Crippen LogP contribution in [0.3, 0.4) is 0 Å². The largest absolute Gasteiger partial charge is 0.384 e. The zero-order valence-corrected chi connectivity index (χ0v) is 10.8. The number of aryl methyl sites for hydroxylation is 1. The summed E-state index contributed by atoms with van der Waals surface area (Å²) in [6, 6.07) is 8.22. The van der Waals surface area contributed by atoms with Crippen molar-refractivity contribution in [3.8, 4) is 0 Å². The second-order valence-corrected chi connectivity index (χ2v) is 4.04. The minimum absolute atomic E-state index is 0.119. The summed E-state index contributed by atoms with van der Waals surface area (Å²) >= 11 is 0. The van der Waals surface area contributed by atoms with Gasteiger partial charge in [-0.15, -0.1) is 0 Å². The molecule has 2 N–H and O–H groups in total. The first kappa shape index (κ1) is 13.6. The Morgan fingerprint density at radius 2 is 1.94 bits per heavy atom. The van der Waals surface area contributed by atoms with Crippen LogP contribution in [-0.2, 0) is 11.2 Å². The summed E-state index contributed by atoms with van der Waals surface area (Å²) in [5.74, 6) is 0.119. The van der Waals surface area contributed by atoms with E-state index in [4.69, 9.17) is 0 Å². The van der Waals surface area contributed by atoms with E-state index in [1.807, 2.05) is 12.1 Å². The lowest BCUT2D eigenvalue weighted by Crippen LogP contribution is -2.25. The number of carbonyl (C=O) groups excluding carboxylic acids is 1. The molecule has 0 aromatic heterocycles. The number of nitrogens with one attached hydrogen (secondary N) is 2. The standard InChI is InChI=1S/C14H22N2O/c1-3-10-16-14(17)9-11-15-13-8-6-5-7-12(13)4-2/h5-8,15H,3-4,9-11H2,1-2H3,(H,16,17). The van der Waals surface area contributed by atoms with Gasteiger partial charge in [0.05, 0.1) is 0 Å². The summed E-state index contributed by atoms with van der Waals surface area (Å²) < 4.78 is 0. The number of hydrogen-bond donors (Lipinski definition) is 2. The molecule has 0 saturated carbocycles. The van der Waals surface area contributed by atoms with E-state index in [0.29, 0.717) is 13.0 Å². The molecule has 3 nitrogen and oxygen atoms in total. The first-order valence-corrected chi connectivity index (χ1v) is 6.36. The van der Waals surface area contributed by atoms with E-state index in [9.17, 15) is 4.79 Å². The Hall–Kier alpha value is -1.51. The highest BCUT2D eigenvalue weighted by molar-refractivity contribution is 5.76. The van der Waals surface area contributed by atoms with Crippen molar-refractivity contribution in [3.05, 3.63) is 29.8 Å². The monoisotopic (exact) mass is 234 g/mol. The van der Waals surface area contributed by atoms with Gasteiger partial charge in [-0.25, -0.2) is 0 Å². The van der Waals surface area contributed by atoms with Crippen LogP contribution in [-0.4, -0.2) is 19.0 Å². The molecule has 0 atom stereocenters. The second-order valence-electron chi connectivity index (χ2n) is 4.04. The maximum absolute atomic E-state index is 11.4. The molecule has 1 rings (SSSR count). The highest BCUT2D eigenvalue weighted by Crippen LogP contribution is 2.14. The third kappa shape index (κ3) is 4.89. The highest BCUT2D eigenvalue weighted by atomic mass is 16.1. The van der Waals surface area contributed by atoms with Gasteiger partial charge in [0.15, 0.2) is 0 Å². The molecule has 94 valence electrons. The van der Waals surface area contributed by atoms with Crippen LogP contribution in [0.2, 0.25) is 0 Å². The summed E-state index contributed by atoms with van der Waals surface area (Å²) in [7, 11) is 0. The lowest BCUT2D eigenvalue weighted by Gasteiger charge is -2.10. The van der Waals surface area contributed by atoms with Crippen molar-refractivity contribution in [3.63, 3.8) is 0 Å². The number of para-hydroxylation sites is 1. The predicted octanol–water partition coefficient (Wildman–Crippen LogP) is 2.58. The zero-order valence-electron chi connectivity index (χ0n) is 10.8. The number of rotatable bonds is 7. The zero-order chi connectivity index (χ0) is 12.5. The van der Waals surface area contributed by atoms with E-state index in [0.717, 1.165) is 25.1 Å². The van der Waals surface area contributed by atoms with Crippen LogP contribution in [0, 0.1) is 0 Å². The Bertz CT molecular complexity index is 350. The fraction of sp³-hybridized carbons (Fsp3) is 0.500. The average molecular weight is 234 g/mol. The number of benzene rings is 1. The third-order valence-corrected chi connectivity index (χ3v) is 2.64. The molecule has 0 aliphatic carbocycles. The quantitative estimate of drug-likeness (QED) is 0.761.